The molecule has 0 saturated carbocycles. The van der Waals surface area contributed by atoms with Crippen molar-refractivity contribution in [2.24, 2.45) is 0 Å². The fraction of sp³-hybridized carbons (Fsp3) is 1.00. The molecule has 1 saturated heterocycles. The molecular formula is C9H19FN2. The van der Waals surface area contributed by atoms with Crippen molar-refractivity contribution in [2.75, 3.05) is 19.8 Å². The zero-order valence-corrected chi connectivity index (χ0v) is 8.18. The van der Waals surface area contributed by atoms with Crippen molar-refractivity contribution in [3.05, 3.63) is 0 Å². The summed E-state index contributed by atoms with van der Waals surface area (Å²) in [5.74, 6) is 0. The highest BCUT2D eigenvalue weighted by molar-refractivity contribution is 4.84. The van der Waals surface area contributed by atoms with E-state index in [-0.39, 0.29) is 12.7 Å². The van der Waals surface area contributed by atoms with Gasteiger partial charge >= 0.3 is 0 Å². The summed E-state index contributed by atoms with van der Waals surface area (Å²) in [4.78, 5) is 2.32. The first-order valence-electron chi connectivity index (χ1n) is 4.69. The van der Waals surface area contributed by atoms with Crippen LogP contribution in [0, 0.1) is 0 Å². The molecule has 1 aliphatic heterocycles. The Kier molecular flexibility index (Phi) is 3.47. The number of alkyl halides is 1. The first kappa shape index (κ1) is 9.93. The molecule has 0 amide bonds. The van der Waals surface area contributed by atoms with Gasteiger partial charge in [0.25, 0.3) is 0 Å². The predicted molar refractivity (Wildman–Crippen MR) is 49.1 cm³/mol. The van der Waals surface area contributed by atoms with Crippen LogP contribution in [0.2, 0.25) is 0 Å². The molecule has 1 N–H and O–H groups in total. The van der Waals surface area contributed by atoms with Crippen molar-refractivity contribution in [2.45, 2.75) is 38.9 Å². The van der Waals surface area contributed by atoms with E-state index in [0.717, 1.165) is 13.1 Å². The van der Waals surface area contributed by atoms with Gasteiger partial charge in [-0.1, -0.05) is 0 Å². The van der Waals surface area contributed by atoms with Crippen LogP contribution in [0.3, 0.4) is 0 Å². The average molecular weight is 174 g/mol. The molecule has 12 heavy (non-hydrogen) atoms. The quantitative estimate of drug-likeness (QED) is 0.672. The number of piperazine rings is 1. The Bertz CT molecular complexity index is 138. The maximum absolute atomic E-state index is 12.4. The van der Waals surface area contributed by atoms with Crippen molar-refractivity contribution in [1.29, 1.82) is 0 Å². The molecule has 1 aliphatic rings. The lowest BCUT2D eigenvalue weighted by Crippen LogP contribution is -2.57. The van der Waals surface area contributed by atoms with E-state index in [2.05, 4.69) is 31.0 Å². The Morgan fingerprint density at radius 3 is 2.67 bits per heavy atom. The molecule has 2 atom stereocenters. The largest absolute Gasteiger partial charge is 0.307 e. The van der Waals surface area contributed by atoms with Gasteiger partial charge in [-0.3, -0.25) is 4.90 Å². The molecular weight excluding hydrogens is 155 g/mol. The summed E-state index contributed by atoms with van der Waals surface area (Å²) in [5.41, 5.74) is 0. The molecule has 0 aliphatic carbocycles. The standard InChI is InChI=1S/C9H19FN2/c1-7(2)12-5-8(3)11-9(4-10)6-12/h7-9,11H,4-6H2,1-3H3/t8-,9?/m1/s1. The average Bonchev–Trinajstić information content (AvgIpc) is 2.03. The lowest BCUT2D eigenvalue weighted by molar-refractivity contribution is 0.122. The summed E-state index contributed by atoms with van der Waals surface area (Å²) in [6.45, 7) is 8.05. The van der Waals surface area contributed by atoms with Gasteiger partial charge in [0.15, 0.2) is 0 Å². The molecule has 0 aromatic carbocycles. The number of halogens is 1. The molecule has 1 unspecified atom stereocenters. The third kappa shape index (κ3) is 2.42. The van der Waals surface area contributed by atoms with E-state index >= 15 is 0 Å². The number of nitrogens with one attached hydrogen (secondary N) is 1. The van der Waals surface area contributed by atoms with E-state index < -0.39 is 0 Å². The van der Waals surface area contributed by atoms with E-state index in [1.165, 1.54) is 0 Å². The number of hydrogen-bond acceptors (Lipinski definition) is 2. The molecule has 1 fully saturated rings. The summed E-state index contributed by atoms with van der Waals surface area (Å²) in [6, 6.07) is 0.988. The van der Waals surface area contributed by atoms with E-state index in [0.29, 0.717) is 12.1 Å². The Hall–Kier alpha value is -0.150. The van der Waals surface area contributed by atoms with Gasteiger partial charge < -0.3 is 5.32 Å². The lowest BCUT2D eigenvalue weighted by Gasteiger charge is -2.38. The van der Waals surface area contributed by atoms with E-state index in [4.69, 9.17) is 0 Å². The first-order chi connectivity index (χ1) is 5.63. The summed E-state index contributed by atoms with van der Waals surface area (Å²) in [7, 11) is 0. The molecule has 0 aromatic heterocycles. The van der Waals surface area contributed by atoms with Crippen molar-refractivity contribution in [3.63, 3.8) is 0 Å². The Morgan fingerprint density at radius 2 is 2.17 bits per heavy atom. The SMILES string of the molecule is CC(C)N1CC(CF)N[C@H](C)C1. The molecule has 0 bridgehead atoms. The van der Waals surface area contributed by atoms with Crippen molar-refractivity contribution >= 4 is 0 Å². The van der Waals surface area contributed by atoms with Crippen LogP contribution in [0.25, 0.3) is 0 Å². The maximum atomic E-state index is 12.4. The van der Waals surface area contributed by atoms with Crippen molar-refractivity contribution in [3.8, 4) is 0 Å². The zero-order valence-electron chi connectivity index (χ0n) is 8.18. The summed E-state index contributed by atoms with van der Waals surface area (Å²) < 4.78 is 12.4. The van der Waals surface area contributed by atoms with Gasteiger partial charge in [0, 0.05) is 31.2 Å². The fourth-order valence-electron chi connectivity index (χ4n) is 1.73. The minimum Gasteiger partial charge on any atom is -0.307 e. The second-order valence-electron chi connectivity index (χ2n) is 3.97. The van der Waals surface area contributed by atoms with E-state index in [1.807, 2.05) is 0 Å². The Morgan fingerprint density at radius 1 is 1.50 bits per heavy atom. The zero-order chi connectivity index (χ0) is 9.14. The highest BCUT2D eigenvalue weighted by atomic mass is 19.1. The third-order valence-corrected chi connectivity index (χ3v) is 2.40. The van der Waals surface area contributed by atoms with Gasteiger partial charge in [-0.15, -0.1) is 0 Å². The summed E-state index contributed by atoms with van der Waals surface area (Å²) in [5, 5.41) is 3.23. The van der Waals surface area contributed by atoms with Gasteiger partial charge in [-0.25, -0.2) is 4.39 Å². The Balaban J connectivity index is 2.45. The van der Waals surface area contributed by atoms with E-state index in [9.17, 15) is 4.39 Å². The van der Waals surface area contributed by atoms with Gasteiger partial charge in [-0.05, 0) is 20.8 Å². The van der Waals surface area contributed by atoms with Crippen LogP contribution < -0.4 is 5.32 Å². The minimum absolute atomic E-state index is 0.0381. The van der Waals surface area contributed by atoms with Crippen molar-refractivity contribution < 1.29 is 4.39 Å². The normalized spacial score (nSPS) is 32.8. The van der Waals surface area contributed by atoms with Crippen LogP contribution in [0.4, 0.5) is 4.39 Å². The topological polar surface area (TPSA) is 15.3 Å². The van der Waals surface area contributed by atoms with Crippen LogP contribution >= 0.6 is 0 Å². The minimum atomic E-state index is -0.256. The molecule has 72 valence electrons. The van der Waals surface area contributed by atoms with Crippen LogP contribution in [0.1, 0.15) is 20.8 Å². The van der Waals surface area contributed by atoms with Gasteiger partial charge in [0.2, 0.25) is 0 Å². The van der Waals surface area contributed by atoms with Crippen LogP contribution in [-0.2, 0) is 0 Å². The summed E-state index contributed by atoms with van der Waals surface area (Å²) >= 11 is 0. The van der Waals surface area contributed by atoms with Crippen LogP contribution in [0.5, 0.6) is 0 Å². The number of hydrogen-bond donors (Lipinski definition) is 1. The van der Waals surface area contributed by atoms with Gasteiger partial charge in [0.1, 0.15) is 6.67 Å². The maximum Gasteiger partial charge on any atom is 0.106 e. The monoisotopic (exact) mass is 174 g/mol. The number of nitrogens with zero attached hydrogens (tertiary/aromatic N) is 1. The molecule has 0 aromatic rings. The highest BCUT2D eigenvalue weighted by Crippen LogP contribution is 2.08. The fourth-order valence-corrected chi connectivity index (χ4v) is 1.73. The number of rotatable bonds is 2. The van der Waals surface area contributed by atoms with Gasteiger partial charge in [0.05, 0.1) is 0 Å². The Labute approximate surface area is 74.1 Å². The van der Waals surface area contributed by atoms with Gasteiger partial charge in [-0.2, -0.15) is 0 Å². The van der Waals surface area contributed by atoms with Crippen LogP contribution in [-0.4, -0.2) is 42.8 Å². The smallest absolute Gasteiger partial charge is 0.106 e. The molecule has 3 heteroatoms. The summed E-state index contributed by atoms with van der Waals surface area (Å²) in [6.07, 6.45) is 0. The second-order valence-corrected chi connectivity index (χ2v) is 3.97. The third-order valence-electron chi connectivity index (χ3n) is 2.40. The molecule has 2 nitrogen and oxygen atoms in total. The molecule has 1 heterocycles. The molecule has 0 spiro atoms. The van der Waals surface area contributed by atoms with E-state index in [1.54, 1.807) is 0 Å². The molecule has 0 radical (unpaired) electrons. The first-order valence-corrected chi connectivity index (χ1v) is 4.69. The molecule has 1 rings (SSSR count). The second kappa shape index (κ2) is 4.19. The predicted octanol–water partition coefficient (Wildman–Crippen LogP) is 1.03. The highest BCUT2D eigenvalue weighted by Gasteiger charge is 2.24. The van der Waals surface area contributed by atoms with Crippen LogP contribution in [0.15, 0.2) is 0 Å². The lowest BCUT2D eigenvalue weighted by atomic mass is 10.1. The van der Waals surface area contributed by atoms with Crippen molar-refractivity contribution in [1.82, 2.24) is 10.2 Å².